The fraction of sp³-hybridized carbons (Fsp3) is 0.188. The fourth-order valence-corrected chi connectivity index (χ4v) is 2.99. The number of methoxy groups -OCH3 is 1. The number of sulfonamides is 1. The molecule has 0 aliphatic heterocycles. The lowest BCUT2D eigenvalue weighted by Crippen LogP contribution is -2.33. The first-order valence-corrected chi connectivity index (χ1v) is 8.28. The molecule has 0 heterocycles. The molecule has 5 nitrogen and oxygen atoms in total. The van der Waals surface area contributed by atoms with Gasteiger partial charge in [0.25, 0.3) is 10.0 Å². The van der Waals surface area contributed by atoms with Gasteiger partial charge in [0.1, 0.15) is 11.6 Å². The molecule has 0 fully saturated rings. The molecule has 0 radical (unpaired) electrons. The number of amides is 1. The number of rotatable bonds is 5. The van der Waals surface area contributed by atoms with E-state index >= 15 is 0 Å². The molecular formula is C16H16FNO4S. The van der Waals surface area contributed by atoms with Gasteiger partial charge in [0.05, 0.1) is 17.9 Å². The Morgan fingerprint density at radius 1 is 1.09 bits per heavy atom. The van der Waals surface area contributed by atoms with Gasteiger partial charge >= 0.3 is 0 Å². The summed E-state index contributed by atoms with van der Waals surface area (Å²) in [6.45, 7) is 1.59. The number of benzene rings is 2. The second-order valence-electron chi connectivity index (χ2n) is 4.92. The van der Waals surface area contributed by atoms with Gasteiger partial charge in [-0.2, -0.15) is 0 Å². The van der Waals surface area contributed by atoms with Crippen molar-refractivity contribution in [2.75, 3.05) is 7.11 Å². The van der Waals surface area contributed by atoms with E-state index in [9.17, 15) is 17.6 Å². The van der Waals surface area contributed by atoms with Gasteiger partial charge in [-0.3, -0.25) is 4.79 Å². The van der Waals surface area contributed by atoms with Gasteiger partial charge in [-0.05, 0) is 48.9 Å². The van der Waals surface area contributed by atoms with Crippen molar-refractivity contribution in [2.24, 2.45) is 0 Å². The van der Waals surface area contributed by atoms with Crippen LogP contribution >= 0.6 is 0 Å². The summed E-state index contributed by atoms with van der Waals surface area (Å²) in [5, 5.41) is 0. The minimum absolute atomic E-state index is 0.172. The van der Waals surface area contributed by atoms with E-state index in [-0.39, 0.29) is 4.90 Å². The number of halogens is 1. The lowest BCUT2D eigenvalue weighted by atomic mass is 10.0. The molecule has 7 heteroatoms. The third-order valence-corrected chi connectivity index (χ3v) is 4.73. The number of hydrogen-bond acceptors (Lipinski definition) is 4. The minimum Gasteiger partial charge on any atom is -0.497 e. The molecular weight excluding hydrogens is 321 g/mol. The number of ether oxygens (including phenoxy) is 1. The Morgan fingerprint density at radius 2 is 1.65 bits per heavy atom. The van der Waals surface area contributed by atoms with Crippen LogP contribution < -0.4 is 9.46 Å². The zero-order valence-corrected chi connectivity index (χ0v) is 13.4. The second kappa shape index (κ2) is 6.78. The molecule has 1 N–H and O–H groups in total. The lowest BCUT2D eigenvalue weighted by molar-refractivity contribution is -0.120. The highest BCUT2D eigenvalue weighted by Gasteiger charge is 2.22. The summed E-state index contributed by atoms with van der Waals surface area (Å²) in [5.74, 6) is -1.25. The Balaban J connectivity index is 2.14. The van der Waals surface area contributed by atoms with Crippen LogP contribution in [0.15, 0.2) is 53.4 Å². The van der Waals surface area contributed by atoms with Crippen molar-refractivity contribution >= 4 is 15.9 Å². The Morgan fingerprint density at radius 3 is 2.17 bits per heavy atom. The average molecular weight is 337 g/mol. The lowest BCUT2D eigenvalue weighted by Gasteiger charge is -2.13. The topological polar surface area (TPSA) is 72.5 Å². The second-order valence-corrected chi connectivity index (χ2v) is 6.60. The van der Waals surface area contributed by atoms with Crippen LogP contribution in [-0.2, 0) is 14.8 Å². The van der Waals surface area contributed by atoms with E-state index in [1.807, 2.05) is 4.72 Å². The maximum Gasteiger partial charge on any atom is 0.264 e. The summed E-state index contributed by atoms with van der Waals surface area (Å²) in [7, 11) is -2.50. The molecule has 0 aliphatic carbocycles. The Labute approximate surface area is 134 Å². The minimum atomic E-state index is -4.03. The summed E-state index contributed by atoms with van der Waals surface area (Å²) in [4.78, 5) is 12.0. The average Bonchev–Trinajstić information content (AvgIpc) is 2.54. The fourth-order valence-electron chi connectivity index (χ4n) is 1.94. The van der Waals surface area contributed by atoms with Gasteiger partial charge in [0.2, 0.25) is 5.91 Å². The van der Waals surface area contributed by atoms with E-state index in [1.165, 1.54) is 7.11 Å². The van der Waals surface area contributed by atoms with Crippen molar-refractivity contribution in [3.63, 3.8) is 0 Å². The van der Waals surface area contributed by atoms with E-state index in [0.29, 0.717) is 11.3 Å². The van der Waals surface area contributed by atoms with Crippen molar-refractivity contribution in [1.82, 2.24) is 4.72 Å². The third-order valence-electron chi connectivity index (χ3n) is 3.37. The molecule has 0 aromatic heterocycles. The molecule has 2 rings (SSSR count). The zero-order chi connectivity index (χ0) is 17.0. The van der Waals surface area contributed by atoms with Gasteiger partial charge in [0.15, 0.2) is 0 Å². The van der Waals surface area contributed by atoms with Crippen LogP contribution in [0.25, 0.3) is 0 Å². The highest BCUT2D eigenvalue weighted by Crippen LogP contribution is 2.20. The maximum atomic E-state index is 12.9. The predicted octanol–water partition coefficient (Wildman–Crippen LogP) is 2.44. The van der Waals surface area contributed by atoms with Crippen LogP contribution in [0.1, 0.15) is 18.4 Å². The molecule has 1 amide bonds. The van der Waals surface area contributed by atoms with E-state index in [0.717, 1.165) is 24.3 Å². The summed E-state index contributed by atoms with van der Waals surface area (Å²) in [5.41, 5.74) is 0.651. The zero-order valence-electron chi connectivity index (χ0n) is 12.6. The van der Waals surface area contributed by atoms with Gasteiger partial charge in [-0.1, -0.05) is 12.1 Å². The number of hydrogen-bond donors (Lipinski definition) is 1. The molecule has 0 spiro atoms. The van der Waals surface area contributed by atoms with Crippen LogP contribution in [0.2, 0.25) is 0 Å². The van der Waals surface area contributed by atoms with Crippen LogP contribution in [0, 0.1) is 5.82 Å². The monoisotopic (exact) mass is 337 g/mol. The smallest absolute Gasteiger partial charge is 0.264 e. The van der Waals surface area contributed by atoms with Crippen LogP contribution in [0.4, 0.5) is 4.39 Å². The van der Waals surface area contributed by atoms with Crippen molar-refractivity contribution in [2.45, 2.75) is 17.7 Å². The molecule has 0 aliphatic rings. The first-order valence-electron chi connectivity index (χ1n) is 6.79. The highest BCUT2D eigenvalue weighted by molar-refractivity contribution is 7.90. The molecule has 2 aromatic rings. The van der Waals surface area contributed by atoms with Gasteiger partial charge in [0, 0.05) is 0 Å². The van der Waals surface area contributed by atoms with Crippen molar-refractivity contribution in [1.29, 1.82) is 0 Å². The normalized spacial score (nSPS) is 12.5. The first kappa shape index (κ1) is 17.0. The summed E-state index contributed by atoms with van der Waals surface area (Å²) >= 11 is 0. The van der Waals surface area contributed by atoms with Crippen molar-refractivity contribution in [3.8, 4) is 5.75 Å². The number of carbonyl (C=O) groups is 1. The number of carbonyl (C=O) groups excluding carboxylic acids is 1. The Kier molecular flexibility index (Phi) is 5.00. The molecule has 0 saturated heterocycles. The van der Waals surface area contributed by atoms with Gasteiger partial charge < -0.3 is 4.74 Å². The van der Waals surface area contributed by atoms with E-state index in [1.54, 1.807) is 31.2 Å². The molecule has 1 atom stereocenters. The molecule has 0 saturated carbocycles. The highest BCUT2D eigenvalue weighted by atomic mass is 32.2. The standard InChI is InChI=1S/C16H16FNO4S/c1-11(12-3-7-14(22-2)8-4-12)16(19)18-23(20,21)15-9-5-13(17)6-10-15/h3-11H,1-2H3,(H,18,19)/t11-/m0/s1. The van der Waals surface area contributed by atoms with Crippen LogP contribution in [0.3, 0.4) is 0 Å². The molecule has 0 bridgehead atoms. The first-order chi connectivity index (χ1) is 10.8. The summed E-state index contributed by atoms with van der Waals surface area (Å²) in [6, 6.07) is 11.0. The van der Waals surface area contributed by atoms with Gasteiger partial charge in [-0.15, -0.1) is 0 Å². The predicted molar refractivity (Wildman–Crippen MR) is 83.1 cm³/mol. The van der Waals surface area contributed by atoms with Crippen molar-refractivity contribution < 1.29 is 22.3 Å². The quantitative estimate of drug-likeness (QED) is 0.909. The molecule has 2 aromatic carbocycles. The Bertz CT molecular complexity index is 786. The number of nitrogens with one attached hydrogen (secondary N) is 1. The summed E-state index contributed by atoms with van der Waals surface area (Å²) < 4.78 is 44.1. The largest absolute Gasteiger partial charge is 0.497 e. The van der Waals surface area contributed by atoms with Gasteiger partial charge in [-0.25, -0.2) is 17.5 Å². The van der Waals surface area contributed by atoms with Crippen LogP contribution in [0.5, 0.6) is 5.75 Å². The van der Waals surface area contributed by atoms with E-state index in [2.05, 4.69) is 0 Å². The SMILES string of the molecule is COc1ccc([C@H](C)C(=O)NS(=O)(=O)c2ccc(F)cc2)cc1. The maximum absolute atomic E-state index is 12.9. The van der Waals surface area contributed by atoms with Crippen molar-refractivity contribution in [3.05, 3.63) is 59.9 Å². The molecule has 23 heavy (non-hydrogen) atoms. The molecule has 0 unspecified atom stereocenters. The van der Waals surface area contributed by atoms with E-state index in [4.69, 9.17) is 4.74 Å². The third kappa shape index (κ3) is 4.07. The molecule has 122 valence electrons. The van der Waals surface area contributed by atoms with E-state index < -0.39 is 27.7 Å². The summed E-state index contributed by atoms with van der Waals surface area (Å²) in [6.07, 6.45) is 0. The van der Waals surface area contributed by atoms with Crippen LogP contribution in [-0.4, -0.2) is 21.4 Å². The Hall–Kier alpha value is -2.41.